The molecule has 4 unspecified atom stereocenters. The third kappa shape index (κ3) is 2.53. The summed E-state index contributed by atoms with van der Waals surface area (Å²) >= 11 is 1.28. The number of ketones is 1. The normalized spacial score (nSPS) is 29.6. The van der Waals surface area contributed by atoms with Crippen LogP contribution in [0.4, 0.5) is 9.52 Å². The van der Waals surface area contributed by atoms with Gasteiger partial charge in [0.15, 0.2) is 16.7 Å². The highest BCUT2D eigenvalue weighted by molar-refractivity contribution is 7.13. The highest BCUT2D eigenvalue weighted by atomic mass is 32.1. The van der Waals surface area contributed by atoms with Gasteiger partial charge in [0, 0.05) is 17.1 Å². The van der Waals surface area contributed by atoms with Crippen LogP contribution in [0.5, 0.6) is 0 Å². The van der Waals surface area contributed by atoms with Gasteiger partial charge in [-0.15, -0.1) is 11.3 Å². The van der Waals surface area contributed by atoms with Crippen molar-refractivity contribution in [2.75, 3.05) is 4.90 Å². The molecule has 1 aromatic carbocycles. The van der Waals surface area contributed by atoms with Crippen LogP contribution in [0, 0.1) is 17.7 Å². The Labute approximate surface area is 165 Å². The monoisotopic (exact) mass is 398 g/mol. The van der Waals surface area contributed by atoms with Crippen molar-refractivity contribution in [2.24, 2.45) is 11.8 Å². The summed E-state index contributed by atoms with van der Waals surface area (Å²) in [7, 11) is 0. The van der Waals surface area contributed by atoms with E-state index < -0.39 is 17.8 Å². The lowest BCUT2D eigenvalue weighted by Gasteiger charge is -2.37. The van der Waals surface area contributed by atoms with Gasteiger partial charge in [-0.05, 0) is 31.2 Å². The van der Waals surface area contributed by atoms with Crippen LogP contribution >= 0.6 is 11.3 Å². The molecule has 0 bridgehead atoms. The van der Waals surface area contributed by atoms with E-state index in [1.165, 1.54) is 22.3 Å². The molecule has 5 rings (SSSR count). The van der Waals surface area contributed by atoms with Gasteiger partial charge in [0.2, 0.25) is 0 Å². The van der Waals surface area contributed by atoms with Gasteiger partial charge in [0.1, 0.15) is 18.0 Å². The maximum absolute atomic E-state index is 14.7. The van der Waals surface area contributed by atoms with Crippen LogP contribution in [0.1, 0.15) is 37.8 Å². The van der Waals surface area contributed by atoms with Crippen LogP contribution < -0.4 is 4.90 Å². The van der Waals surface area contributed by atoms with Gasteiger partial charge in [0.25, 0.3) is 5.91 Å². The van der Waals surface area contributed by atoms with Gasteiger partial charge in [-0.2, -0.15) is 0 Å². The highest BCUT2D eigenvalue weighted by Crippen LogP contribution is 2.49. The Balaban J connectivity index is 1.67. The van der Waals surface area contributed by atoms with E-state index in [4.69, 9.17) is 4.74 Å². The van der Waals surface area contributed by atoms with E-state index in [1.807, 2.05) is 0 Å². The zero-order valence-corrected chi connectivity index (χ0v) is 16.1. The van der Waals surface area contributed by atoms with Gasteiger partial charge in [-0.3, -0.25) is 14.5 Å². The smallest absolute Gasteiger partial charge is 0.296 e. The first-order chi connectivity index (χ1) is 13.6. The minimum atomic E-state index is -0.847. The minimum absolute atomic E-state index is 0.0734. The molecule has 3 heterocycles. The van der Waals surface area contributed by atoms with Crippen molar-refractivity contribution < 1.29 is 18.7 Å². The van der Waals surface area contributed by atoms with E-state index in [-0.39, 0.29) is 34.7 Å². The number of hydrogen-bond acceptors (Lipinski definition) is 5. The predicted molar refractivity (Wildman–Crippen MR) is 102 cm³/mol. The topological polar surface area (TPSA) is 59.5 Å². The van der Waals surface area contributed by atoms with E-state index in [9.17, 15) is 14.0 Å². The van der Waals surface area contributed by atoms with E-state index >= 15 is 0 Å². The number of anilines is 1. The number of ether oxygens (including phenoxy) is 1. The van der Waals surface area contributed by atoms with Crippen molar-refractivity contribution in [3.8, 4) is 0 Å². The number of benzene rings is 1. The number of amides is 1. The molecule has 3 aliphatic rings. The minimum Gasteiger partial charge on any atom is -0.483 e. The molecule has 0 N–H and O–H groups in total. The van der Waals surface area contributed by atoms with Gasteiger partial charge in [-0.25, -0.2) is 9.37 Å². The Morgan fingerprint density at radius 2 is 2.07 bits per heavy atom. The van der Waals surface area contributed by atoms with Crippen molar-refractivity contribution in [3.63, 3.8) is 0 Å². The molecular formula is C21H19FN2O3S. The number of hydrogen-bond donors (Lipinski definition) is 0. The summed E-state index contributed by atoms with van der Waals surface area (Å²) < 4.78 is 20.8. The fraction of sp³-hybridized carbons (Fsp3) is 0.381. The lowest BCUT2D eigenvalue weighted by molar-refractivity contribution is -0.132. The van der Waals surface area contributed by atoms with Crippen molar-refractivity contribution in [1.29, 1.82) is 0 Å². The molecule has 28 heavy (non-hydrogen) atoms. The van der Waals surface area contributed by atoms with Gasteiger partial charge in [-0.1, -0.05) is 25.1 Å². The molecule has 144 valence electrons. The second-order valence-electron chi connectivity index (χ2n) is 7.70. The summed E-state index contributed by atoms with van der Waals surface area (Å²) in [5, 5.41) is 2.18. The fourth-order valence-corrected chi connectivity index (χ4v) is 5.27. The standard InChI is InChI=1S/C21H19FN2O3S/c1-11-6-7-15-13(10-11)18(25)16-17(12-4-2-3-5-14(12)22)24(20(26)19(16)27-15)21-23-8-9-28-21/h2-5,8-9,11,13,15,17H,6-7,10H2,1H3. The van der Waals surface area contributed by atoms with Crippen LogP contribution in [0.3, 0.4) is 0 Å². The largest absolute Gasteiger partial charge is 0.483 e. The number of Topliss-reactive ketones (excluding diaryl/α,β-unsaturated/α-hetero) is 1. The average molecular weight is 398 g/mol. The molecule has 1 amide bonds. The molecule has 2 aromatic rings. The second kappa shape index (κ2) is 6.51. The molecule has 0 spiro atoms. The van der Waals surface area contributed by atoms with Gasteiger partial charge in [0.05, 0.1) is 11.5 Å². The third-order valence-corrected chi connectivity index (χ3v) is 6.71. The van der Waals surface area contributed by atoms with Crippen LogP contribution in [0.2, 0.25) is 0 Å². The molecule has 1 aliphatic carbocycles. The maximum atomic E-state index is 14.7. The first-order valence-corrected chi connectivity index (χ1v) is 10.4. The molecule has 4 atom stereocenters. The van der Waals surface area contributed by atoms with Crippen LogP contribution in [-0.4, -0.2) is 22.8 Å². The van der Waals surface area contributed by atoms with Gasteiger partial charge < -0.3 is 4.74 Å². The van der Waals surface area contributed by atoms with E-state index in [0.29, 0.717) is 11.0 Å². The summed E-state index contributed by atoms with van der Waals surface area (Å²) in [5.74, 6) is -0.732. The number of fused-ring (bicyclic) bond motifs is 1. The fourth-order valence-electron chi connectivity index (χ4n) is 4.60. The van der Waals surface area contributed by atoms with Crippen LogP contribution in [0.15, 0.2) is 47.2 Å². The van der Waals surface area contributed by atoms with Crippen LogP contribution in [-0.2, 0) is 14.3 Å². The van der Waals surface area contributed by atoms with Crippen LogP contribution in [0.25, 0.3) is 0 Å². The Kier molecular flexibility index (Phi) is 4.08. The van der Waals surface area contributed by atoms with E-state index in [2.05, 4.69) is 11.9 Å². The molecule has 2 aliphatic heterocycles. The Hall–Kier alpha value is -2.54. The average Bonchev–Trinajstić information content (AvgIpc) is 3.30. The lowest BCUT2D eigenvalue weighted by atomic mass is 9.74. The number of halogens is 1. The quantitative estimate of drug-likeness (QED) is 0.766. The second-order valence-corrected chi connectivity index (χ2v) is 8.57. The lowest BCUT2D eigenvalue weighted by Crippen LogP contribution is -2.41. The third-order valence-electron chi connectivity index (χ3n) is 5.94. The number of thiazole rings is 1. The number of carbonyl (C=O) groups excluding carboxylic acids is 2. The Bertz CT molecular complexity index is 987. The van der Waals surface area contributed by atoms with E-state index in [1.54, 1.807) is 29.8 Å². The molecule has 1 saturated carbocycles. The summed E-state index contributed by atoms with van der Waals surface area (Å²) in [6.45, 7) is 2.13. The van der Waals surface area contributed by atoms with Crippen molar-refractivity contribution >= 4 is 28.2 Å². The van der Waals surface area contributed by atoms with E-state index in [0.717, 1.165) is 19.3 Å². The first-order valence-electron chi connectivity index (χ1n) is 9.48. The molecule has 1 fully saturated rings. The number of carbonyl (C=O) groups is 2. The van der Waals surface area contributed by atoms with Gasteiger partial charge >= 0.3 is 0 Å². The first kappa shape index (κ1) is 17.6. The molecule has 0 saturated heterocycles. The summed E-state index contributed by atoms with van der Waals surface area (Å²) in [6, 6.07) is 5.42. The predicted octanol–water partition coefficient (Wildman–Crippen LogP) is 4.03. The number of rotatable bonds is 2. The molecule has 0 radical (unpaired) electrons. The molecular weight excluding hydrogens is 379 g/mol. The molecule has 5 nitrogen and oxygen atoms in total. The summed E-state index contributed by atoms with van der Waals surface area (Å²) in [6.07, 6.45) is 3.77. The number of nitrogens with zero attached hydrogens (tertiary/aromatic N) is 2. The molecule has 1 aromatic heterocycles. The summed E-state index contributed by atoms with van der Waals surface area (Å²) in [5.41, 5.74) is 0.566. The maximum Gasteiger partial charge on any atom is 0.296 e. The van der Waals surface area contributed by atoms with Crippen molar-refractivity contribution in [2.45, 2.75) is 38.3 Å². The highest BCUT2D eigenvalue weighted by Gasteiger charge is 2.54. The number of aromatic nitrogens is 1. The Morgan fingerprint density at radius 3 is 2.82 bits per heavy atom. The zero-order chi connectivity index (χ0) is 19.4. The molecule has 7 heteroatoms. The zero-order valence-electron chi connectivity index (χ0n) is 15.3. The SMILES string of the molecule is CC1CCC2OC3=C(C(=O)C2C1)C(c1ccccc1F)N(c1nccs1)C3=O. The van der Waals surface area contributed by atoms with Crippen molar-refractivity contribution in [3.05, 3.63) is 58.6 Å². The Morgan fingerprint density at radius 1 is 1.25 bits per heavy atom. The van der Waals surface area contributed by atoms with Crippen molar-refractivity contribution in [1.82, 2.24) is 4.98 Å². The summed E-state index contributed by atoms with van der Waals surface area (Å²) in [4.78, 5) is 32.4.